The third kappa shape index (κ3) is 2.77. The average Bonchev–Trinajstić information content (AvgIpc) is 3.13. The summed E-state index contributed by atoms with van der Waals surface area (Å²) in [5.74, 6) is 0.897. The molecular weight excluding hydrogens is 302 g/mol. The summed E-state index contributed by atoms with van der Waals surface area (Å²) in [5.41, 5.74) is 4.10. The van der Waals surface area contributed by atoms with Crippen LogP contribution in [0.5, 0.6) is 0 Å². The number of aryl methyl sites for hydroxylation is 1. The van der Waals surface area contributed by atoms with Gasteiger partial charge in [-0.2, -0.15) is 4.98 Å². The number of nitrogens with zero attached hydrogens (tertiary/aromatic N) is 5. The summed E-state index contributed by atoms with van der Waals surface area (Å²) in [6, 6.07) is 13.2. The largest absolute Gasteiger partial charge is 0.334 e. The quantitative estimate of drug-likeness (QED) is 0.575. The van der Waals surface area contributed by atoms with E-state index < -0.39 is 0 Å². The Morgan fingerprint density at radius 3 is 2.62 bits per heavy atom. The summed E-state index contributed by atoms with van der Waals surface area (Å²) < 4.78 is 5.41. The van der Waals surface area contributed by atoms with Gasteiger partial charge in [-0.05, 0) is 43.3 Å². The number of rotatable bonds is 3. The van der Waals surface area contributed by atoms with Crippen LogP contribution in [0.1, 0.15) is 5.69 Å². The molecule has 0 aliphatic carbocycles. The molecule has 116 valence electrons. The van der Waals surface area contributed by atoms with Crippen LogP contribution in [0.4, 0.5) is 0 Å². The van der Waals surface area contributed by atoms with E-state index in [9.17, 15) is 0 Å². The van der Waals surface area contributed by atoms with Crippen molar-refractivity contribution in [1.82, 2.24) is 25.1 Å². The van der Waals surface area contributed by atoms with E-state index in [1.165, 1.54) is 0 Å². The van der Waals surface area contributed by atoms with Crippen LogP contribution < -0.4 is 0 Å². The van der Waals surface area contributed by atoms with Crippen molar-refractivity contribution in [3.8, 4) is 34.2 Å². The van der Waals surface area contributed by atoms with E-state index in [4.69, 9.17) is 4.52 Å². The van der Waals surface area contributed by atoms with Crippen LogP contribution in [0.25, 0.3) is 34.2 Å². The summed E-state index contributed by atoms with van der Waals surface area (Å²) in [6.45, 7) is 1.93. The van der Waals surface area contributed by atoms with Gasteiger partial charge >= 0.3 is 0 Å². The fraction of sp³-hybridized carbons (Fsp3) is 0.0556. The van der Waals surface area contributed by atoms with Gasteiger partial charge in [0, 0.05) is 35.4 Å². The molecule has 4 rings (SSSR count). The molecule has 24 heavy (non-hydrogen) atoms. The Morgan fingerprint density at radius 2 is 1.83 bits per heavy atom. The van der Waals surface area contributed by atoms with Crippen molar-refractivity contribution >= 4 is 0 Å². The van der Waals surface area contributed by atoms with Crippen LogP contribution in [0.15, 0.2) is 65.6 Å². The molecule has 6 heteroatoms. The second-order valence-electron chi connectivity index (χ2n) is 5.26. The Bertz CT molecular complexity index is 967. The maximum absolute atomic E-state index is 5.41. The van der Waals surface area contributed by atoms with Crippen LogP contribution in [-0.4, -0.2) is 25.1 Å². The van der Waals surface area contributed by atoms with E-state index in [1.807, 2.05) is 49.4 Å². The summed E-state index contributed by atoms with van der Waals surface area (Å²) >= 11 is 0. The average molecular weight is 315 g/mol. The molecule has 0 atom stereocenters. The van der Waals surface area contributed by atoms with Crippen LogP contribution >= 0.6 is 0 Å². The molecule has 4 aromatic rings. The van der Waals surface area contributed by atoms with Crippen LogP contribution in [0, 0.1) is 6.92 Å². The number of pyridine rings is 3. The summed E-state index contributed by atoms with van der Waals surface area (Å²) in [5, 5.41) is 4.01. The third-order valence-corrected chi connectivity index (χ3v) is 3.48. The Balaban J connectivity index is 1.75. The molecule has 0 unspecified atom stereocenters. The van der Waals surface area contributed by atoms with Gasteiger partial charge in [-0.25, -0.2) is 0 Å². The van der Waals surface area contributed by atoms with Crippen molar-refractivity contribution in [3.05, 3.63) is 66.7 Å². The lowest BCUT2D eigenvalue weighted by Crippen LogP contribution is -1.90. The molecule has 0 fully saturated rings. The Kier molecular flexibility index (Phi) is 3.55. The normalized spacial score (nSPS) is 10.7. The zero-order valence-electron chi connectivity index (χ0n) is 12.9. The summed E-state index contributed by atoms with van der Waals surface area (Å²) in [6.07, 6.45) is 5.21. The molecule has 0 aromatic carbocycles. The zero-order chi connectivity index (χ0) is 16.4. The van der Waals surface area contributed by atoms with Crippen molar-refractivity contribution in [3.63, 3.8) is 0 Å². The van der Waals surface area contributed by atoms with Gasteiger partial charge in [0.25, 0.3) is 5.89 Å². The van der Waals surface area contributed by atoms with Gasteiger partial charge in [0.1, 0.15) is 5.69 Å². The van der Waals surface area contributed by atoms with Gasteiger partial charge in [-0.1, -0.05) is 11.2 Å². The van der Waals surface area contributed by atoms with Crippen molar-refractivity contribution in [2.45, 2.75) is 6.92 Å². The first-order valence-electron chi connectivity index (χ1n) is 7.44. The molecule has 0 N–H and O–H groups in total. The van der Waals surface area contributed by atoms with Crippen LogP contribution in [0.3, 0.4) is 0 Å². The predicted octanol–water partition coefficient (Wildman–Crippen LogP) is 3.56. The van der Waals surface area contributed by atoms with Crippen molar-refractivity contribution in [1.29, 1.82) is 0 Å². The smallest absolute Gasteiger partial charge is 0.258 e. The highest BCUT2D eigenvalue weighted by Gasteiger charge is 2.13. The predicted molar refractivity (Wildman–Crippen MR) is 88.7 cm³/mol. The summed E-state index contributed by atoms with van der Waals surface area (Å²) in [7, 11) is 0. The van der Waals surface area contributed by atoms with Gasteiger partial charge in [-0.3, -0.25) is 15.0 Å². The lowest BCUT2D eigenvalue weighted by atomic mass is 10.1. The first-order valence-corrected chi connectivity index (χ1v) is 7.44. The van der Waals surface area contributed by atoms with Crippen molar-refractivity contribution in [2.75, 3.05) is 0 Å². The summed E-state index contributed by atoms with van der Waals surface area (Å²) in [4.78, 5) is 17.4. The Hall–Kier alpha value is -3.41. The van der Waals surface area contributed by atoms with Crippen molar-refractivity contribution in [2.24, 2.45) is 0 Å². The molecule has 6 nitrogen and oxygen atoms in total. The van der Waals surface area contributed by atoms with Crippen LogP contribution in [-0.2, 0) is 0 Å². The third-order valence-electron chi connectivity index (χ3n) is 3.48. The maximum atomic E-state index is 5.41. The number of aromatic nitrogens is 5. The van der Waals surface area contributed by atoms with E-state index in [-0.39, 0.29) is 0 Å². The van der Waals surface area contributed by atoms with Gasteiger partial charge in [0.2, 0.25) is 5.82 Å². The lowest BCUT2D eigenvalue weighted by Gasteiger charge is -2.04. The molecule has 0 saturated heterocycles. The van der Waals surface area contributed by atoms with E-state index in [0.717, 1.165) is 22.5 Å². The minimum Gasteiger partial charge on any atom is -0.334 e. The van der Waals surface area contributed by atoms with E-state index in [2.05, 4.69) is 25.1 Å². The first kappa shape index (κ1) is 14.2. The second-order valence-corrected chi connectivity index (χ2v) is 5.26. The van der Waals surface area contributed by atoms with Crippen molar-refractivity contribution < 1.29 is 4.52 Å². The van der Waals surface area contributed by atoms with Gasteiger partial charge in [0.05, 0.1) is 5.69 Å². The molecular formula is C18H13N5O. The van der Waals surface area contributed by atoms with E-state index in [0.29, 0.717) is 17.4 Å². The molecule has 0 aliphatic heterocycles. The number of hydrogen-bond acceptors (Lipinski definition) is 6. The van der Waals surface area contributed by atoms with Crippen LogP contribution in [0.2, 0.25) is 0 Å². The standard InChI is InChI=1S/C18H13N5O/c1-12-9-14(10-16(21-12)13-5-4-7-19-11-13)18-22-17(23-24-18)15-6-2-3-8-20-15/h2-11H,1H3. The monoisotopic (exact) mass is 315 g/mol. The Labute approximate surface area is 138 Å². The topological polar surface area (TPSA) is 77.6 Å². The SMILES string of the molecule is Cc1cc(-c2nc(-c3ccccn3)no2)cc(-c2cccnc2)n1. The van der Waals surface area contributed by atoms with Gasteiger partial charge < -0.3 is 4.52 Å². The minimum atomic E-state index is 0.436. The molecule has 0 aliphatic rings. The molecule has 0 saturated carbocycles. The fourth-order valence-corrected chi connectivity index (χ4v) is 2.39. The minimum absolute atomic E-state index is 0.436. The molecule has 4 heterocycles. The highest BCUT2D eigenvalue weighted by atomic mass is 16.5. The molecule has 4 aromatic heterocycles. The molecule has 0 radical (unpaired) electrons. The zero-order valence-corrected chi connectivity index (χ0v) is 12.9. The highest BCUT2D eigenvalue weighted by Crippen LogP contribution is 2.26. The number of hydrogen-bond donors (Lipinski definition) is 0. The first-order chi connectivity index (χ1) is 11.8. The molecule has 0 amide bonds. The van der Waals surface area contributed by atoms with E-state index in [1.54, 1.807) is 18.6 Å². The second kappa shape index (κ2) is 6.00. The van der Waals surface area contributed by atoms with Gasteiger partial charge in [-0.15, -0.1) is 0 Å². The molecule has 0 bridgehead atoms. The molecule has 0 spiro atoms. The highest BCUT2D eigenvalue weighted by molar-refractivity contribution is 5.67. The van der Waals surface area contributed by atoms with E-state index >= 15 is 0 Å². The van der Waals surface area contributed by atoms with Gasteiger partial charge in [0.15, 0.2) is 0 Å². The lowest BCUT2D eigenvalue weighted by molar-refractivity contribution is 0.432. The maximum Gasteiger partial charge on any atom is 0.258 e. The fourth-order valence-electron chi connectivity index (χ4n) is 2.39. The Morgan fingerprint density at radius 1 is 0.875 bits per heavy atom.